The lowest BCUT2D eigenvalue weighted by atomic mass is 10.1. The lowest BCUT2D eigenvalue weighted by Crippen LogP contribution is -2.04. The van der Waals surface area contributed by atoms with Crippen LogP contribution in [-0.2, 0) is 4.74 Å². The first-order valence-electron chi connectivity index (χ1n) is 4.56. The predicted octanol–water partition coefficient (Wildman–Crippen LogP) is 2.95. The molecule has 0 radical (unpaired) electrons. The average Bonchev–Trinajstić information content (AvgIpc) is 2.26. The van der Waals surface area contributed by atoms with Crippen molar-refractivity contribution < 1.29 is 18.3 Å². The van der Waals surface area contributed by atoms with Gasteiger partial charge in [-0.05, 0) is 17.5 Å². The van der Waals surface area contributed by atoms with Gasteiger partial charge in [0, 0.05) is 6.07 Å². The summed E-state index contributed by atoms with van der Waals surface area (Å²) in [6.07, 6.45) is 0. The van der Waals surface area contributed by atoms with Crippen molar-refractivity contribution >= 4 is 28.3 Å². The summed E-state index contributed by atoms with van der Waals surface area (Å²) in [5.41, 5.74) is -0.102. The summed E-state index contributed by atoms with van der Waals surface area (Å²) >= 11 is 5.74. The zero-order valence-electron chi connectivity index (χ0n) is 8.63. The molecule has 0 atom stereocenters. The predicted molar refractivity (Wildman–Crippen MR) is 58.0 cm³/mol. The molecule has 0 fully saturated rings. The molecule has 0 unspecified atom stereocenters. The Hall–Kier alpha value is -1.75. The fourth-order valence-electron chi connectivity index (χ4n) is 1.48. The van der Waals surface area contributed by atoms with Crippen molar-refractivity contribution in [1.82, 2.24) is 4.98 Å². The maximum atomic E-state index is 13.4. The van der Waals surface area contributed by atoms with Gasteiger partial charge < -0.3 is 4.74 Å². The third kappa shape index (κ3) is 2.06. The number of halogens is 3. The number of carbonyl (C=O) groups is 1. The Morgan fingerprint density at radius 2 is 2.06 bits per heavy atom. The topological polar surface area (TPSA) is 39.2 Å². The van der Waals surface area contributed by atoms with Crippen LogP contribution in [-0.4, -0.2) is 18.1 Å². The molecule has 0 N–H and O–H groups in total. The summed E-state index contributed by atoms with van der Waals surface area (Å²) in [4.78, 5) is 14.9. The second kappa shape index (κ2) is 4.25. The van der Waals surface area contributed by atoms with Crippen LogP contribution in [0.1, 0.15) is 10.5 Å². The summed E-state index contributed by atoms with van der Waals surface area (Å²) in [5, 5.41) is -0.0796. The van der Waals surface area contributed by atoms with Gasteiger partial charge in [-0.2, -0.15) is 0 Å². The molecule has 17 heavy (non-hydrogen) atoms. The molecule has 0 aliphatic rings. The Bertz CT molecular complexity index is 616. The fourth-order valence-corrected chi connectivity index (χ4v) is 1.77. The van der Waals surface area contributed by atoms with Crippen LogP contribution in [0.2, 0.25) is 5.15 Å². The Balaban J connectivity index is 2.77. The highest BCUT2D eigenvalue weighted by Gasteiger charge is 2.15. The van der Waals surface area contributed by atoms with E-state index in [1.807, 2.05) is 0 Å². The Kier molecular flexibility index (Phi) is 2.93. The number of benzene rings is 1. The quantitative estimate of drug-likeness (QED) is 0.582. The maximum Gasteiger partial charge on any atom is 0.356 e. The van der Waals surface area contributed by atoms with Crippen molar-refractivity contribution in [2.45, 2.75) is 0 Å². The number of ether oxygens (including phenoxy) is 1. The van der Waals surface area contributed by atoms with Crippen LogP contribution in [0.3, 0.4) is 0 Å². The van der Waals surface area contributed by atoms with E-state index in [0.29, 0.717) is 6.07 Å². The molecule has 1 heterocycles. The number of pyridine rings is 1. The van der Waals surface area contributed by atoms with Crippen molar-refractivity contribution in [2.75, 3.05) is 7.11 Å². The van der Waals surface area contributed by atoms with Crippen LogP contribution < -0.4 is 0 Å². The number of rotatable bonds is 1. The van der Waals surface area contributed by atoms with Gasteiger partial charge in [0.1, 0.15) is 16.8 Å². The van der Waals surface area contributed by atoms with Gasteiger partial charge in [0.2, 0.25) is 0 Å². The highest BCUT2D eigenvalue weighted by molar-refractivity contribution is 6.34. The SMILES string of the molecule is COC(=O)c1cc2cc(F)cc(F)c2c(Cl)n1. The summed E-state index contributed by atoms with van der Waals surface area (Å²) in [5.74, 6) is -2.31. The van der Waals surface area contributed by atoms with Crippen molar-refractivity contribution in [3.05, 3.63) is 40.7 Å². The molecule has 0 saturated carbocycles. The van der Waals surface area contributed by atoms with Gasteiger partial charge in [0.25, 0.3) is 0 Å². The third-order valence-corrected chi connectivity index (χ3v) is 2.47. The molecule has 1 aromatic carbocycles. The number of aromatic nitrogens is 1. The van der Waals surface area contributed by atoms with Gasteiger partial charge in [-0.3, -0.25) is 0 Å². The number of fused-ring (bicyclic) bond motifs is 1. The monoisotopic (exact) mass is 257 g/mol. The number of nitrogens with zero attached hydrogens (tertiary/aromatic N) is 1. The van der Waals surface area contributed by atoms with Crippen LogP contribution >= 0.6 is 11.6 Å². The standard InChI is InChI=1S/C11H6ClF2NO2/c1-17-11(16)8-3-5-2-6(13)4-7(14)9(5)10(12)15-8/h2-4H,1H3. The molecule has 0 saturated heterocycles. The van der Waals surface area contributed by atoms with E-state index in [4.69, 9.17) is 11.6 Å². The maximum absolute atomic E-state index is 13.4. The molecule has 2 rings (SSSR count). The minimum Gasteiger partial charge on any atom is -0.464 e. The molecule has 0 spiro atoms. The van der Waals surface area contributed by atoms with E-state index in [9.17, 15) is 13.6 Å². The first-order chi connectivity index (χ1) is 8.02. The van der Waals surface area contributed by atoms with Crippen molar-refractivity contribution in [3.63, 3.8) is 0 Å². The summed E-state index contributed by atoms with van der Waals surface area (Å²) in [6.45, 7) is 0. The molecule has 6 heteroatoms. The minimum atomic E-state index is -0.825. The molecule has 3 nitrogen and oxygen atoms in total. The first kappa shape index (κ1) is 11.7. The van der Waals surface area contributed by atoms with Gasteiger partial charge in [0.05, 0.1) is 12.5 Å². The van der Waals surface area contributed by atoms with Crippen LogP contribution in [0, 0.1) is 11.6 Å². The smallest absolute Gasteiger partial charge is 0.356 e. The zero-order valence-corrected chi connectivity index (χ0v) is 9.39. The molecule has 1 aromatic heterocycles. The molecule has 0 aliphatic carbocycles. The van der Waals surface area contributed by atoms with Crippen LogP contribution in [0.4, 0.5) is 8.78 Å². The fraction of sp³-hybridized carbons (Fsp3) is 0.0909. The van der Waals surface area contributed by atoms with E-state index in [1.165, 1.54) is 13.2 Å². The summed E-state index contributed by atoms with van der Waals surface area (Å²) < 4.78 is 30.9. The average molecular weight is 258 g/mol. The van der Waals surface area contributed by atoms with Gasteiger partial charge in [-0.15, -0.1) is 0 Å². The molecule has 0 amide bonds. The number of esters is 1. The highest BCUT2D eigenvalue weighted by Crippen LogP contribution is 2.26. The van der Waals surface area contributed by atoms with Crippen molar-refractivity contribution in [1.29, 1.82) is 0 Å². The molecular formula is C11H6ClF2NO2. The van der Waals surface area contributed by atoms with Crippen LogP contribution in [0.15, 0.2) is 18.2 Å². The summed E-state index contributed by atoms with van der Waals surface area (Å²) in [6, 6.07) is 2.99. The van der Waals surface area contributed by atoms with Crippen molar-refractivity contribution in [2.24, 2.45) is 0 Å². The molecule has 88 valence electrons. The van der Waals surface area contributed by atoms with E-state index in [2.05, 4.69) is 9.72 Å². The molecule has 0 aliphatic heterocycles. The van der Waals surface area contributed by atoms with Gasteiger partial charge >= 0.3 is 5.97 Å². The normalized spacial score (nSPS) is 10.6. The van der Waals surface area contributed by atoms with Crippen molar-refractivity contribution in [3.8, 4) is 0 Å². The molecule has 2 aromatic rings. The Labute approximate surface area is 100.0 Å². The molecular weight excluding hydrogens is 252 g/mol. The number of hydrogen-bond donors (Lipinski definition) is 0. The van der Waals surface area contributed by atoms with Gasteiger partial charge in [-0.25, -0.2) is 18.6 Å². The van der Waals surface area contributed by atoms with Gasteiger partial charge in [0.15, 0.2) is 5.69 Å². The zero-order chi connectivity index (χ0) is 12.6. The second-order valence-corrected chi connectivity index (χ2v) is 3.63. The number of methoxy groups -OCH3 is 1. The van der Waals surface area contributed by atoms with E-state index in [0.717, 1.165) is 6.07 Å². The minimum absolute atomic E-state index is 0.0271. The van der Waals surface area contributed by atoms with E-state index in [-0.39, 0.29) is 21.6 Å². The lowest BCUT2D eigenvalue weighted by molar-refractivity contribution is 0.0594. The third-order valence-electron chi connectivity index (χ3n) is 2.20. The van der Waals surface area contributed by atoms with E-state index < -0.39 is 17.6 Å². The highest BCUT2D eigenvalue weighted by atomic mass is 35.5. The molecule has 0 bridgehead atoms. The van der Waals surface area contributed by atoms with Crippen LogP contribution in [0.5, 0.6) is 0 Å². The largest absolute Gasteiger partial charge is 0.464 e. The van der Waals surface area contributed by atoms with Crippen LogP contribution in [0.25, 0.3) is 10.8 Å². The second-order valence-electron chi connectivity index (χ2n) is 3.28. The Morgan fingerprint density at radius 3 is 2.71 bits per heavy atom. The first-order valence-corrected chi connectivity index (χ1v) is 4.94. The summed E-state index contributed by atoms with van der Waals surface area (Å²) in [7, 11) is 1.17. The Morgan fingerprint density at radius 1 is 1.35 bits per heavy atom. The lowest BCUT2D eigenvalue weighted by Gasteiger charge is -2.05. The van der Waals surface area contributed by atoms with E-state index >= 15 is 0 Å². The number of hydrogen-bond acceptors (Lipinski definition) is 3. The van der Waals surface area contributed by atoms with Gasteiger partial charge in [-0.1, -0.05) is 11.6 Å². The number of carbonyl (C=O) groups excluding carboxylic acids is 1. The van der Waals surface area contributed by atoms with E-state index in [1.54, 1.807) is 0 Å².